The third kappa shape index (κ3) is 2.12. The van der Waals surface area contributed by atoms with Gasteiger partial charge in [0.25, 0.3) is 0 Å². The maximum Gasteiger partial charge on any atom is 0.143 e. The van der Waals surface area contributed by atoms with E-state index in [-0.39, 0.29) is 5.41 Å². The maximum atomic E-state index is 10.4. The van der Waals surface area contributed by atoms with Crippen molar-refractivity contribution in [3.8, 4) is 0 Å². The van der Waals surface area contributed by atoms with E-state index in [0.717, 1.165) is 15.4 Å². The van der Waals surface area contributed by atoms with Gasteiger partial charge in [0, 0.05) is 5.56 Å². The first-order valence-corrected chi connectivity index (χ1v) is 6.32. The van der Waals surface area contributed by atoms with E-state index < -0.39 is 6.10 Å². The highest BCUT2D eigenvalue weighted by Gasteiger charge is 2.28. The summed E-state index contributed by atoms with van der Waals surface area (Å²) >= 11 is 1.51. The number of anilines is 1. The Balaban J connectivity index is 2.70. The zero-order chi connectivity index (χ0) is 12.8. The first kappa shape index (κ1) is 12.3. The zero-order valence-electron chi connectivity index (χ0n) is 10.5. The van der Waals surface area contributed by atoms with E-state index in [1.807, 2.05) is 27.7 Å². The Hall–Kier alpha value is -1.20. The van der Waals surface area contributed by atoms with Crippen LogP contribution in [0.15, 0.2) is 6.20 Å². The fraction of sp³-hybridized carbons (Fsp3) is 0.500. The first-order valence-electron chi connectivity index (χ1n) is 5.50. The molecule has 2 aromatic rings. The molecule has 0 fully saturated rings. The van der Waals surface area contributed by atoms with E-state index in [1.165, 1.54) is 11.3 Å². The van der Waals surface area contributed by atoms with Crippen molar-refractivity contribution in [1.82, 2.24) is 9.97 Å². The molecule has 2 rings (SSSR count). The van der Waals surface area contributed by atoms with Gasteiger partial charge >= 0.3 is 0 Å². The van der Waals surface area contributed by atoms with Gasteiger partial charge in [-0.3, -0.25) is 0 Å². The molecule has 0 aliphatic rings. The van der Waals surface area contributed by atoms with E-state index in [1.54, 1.807) is 6.20 Å². The van der Waals surface area contributed by atoms with Crippen LogP contribution in [-0.2, 0) is 0 Å². The predicted molar refractivity (Wildman–Crippen MR) is 71.0 cm³/mol. The van der Waals surface area contributed by atoms with Crippen LogP contribution in [0.3, 0.4) is 0 Å². The molecule has 0 spiro atoms. The number of nitrogen functional groups attached to an aromatic ring is 1. The number of nitrogens with two attached hydrogens (primary N) is 1. The van der Waals surface area contributed by atoms with Gasteiger partial charge in [0.15, 0.2) is 0 Å². The highest BCUT2D eigenvalue weighted by molar-refractivity contribution is 7.18. The lowest BCUT2D eigenvalue weighted by Crippen LogP contribution is -2.19. The van der Waals surface area contributed by atoms with Crippen molar-refractivity contribution >= 4 is 27.4 Å². The molecule has 0 aromatic carbocycles. The van der Waals surface area contributed by atoms with Crippen LogP contribution >= 0.6 is 11.3 Å². The average Bonchev–Trinajstić information content (AvgIpc) is 2.56. The molecule has 2 heterocycles. The molecule has 4 nitrogen and oxygen atoms in total. The zero-order valence-corrected chi connectivity index (χ0v) is 11.3. The van der Waals surface area contributed by atoms with Crippen LogP contribution in [0.25, 0.3) is 10.3 Å². The molecule has 0 bridgehead atoms. The highest BCUT2D eigenvalue weighted by Crippen LogP contribution is 2.39. The highest BCUT2D eigenvalue weighted by atomic mass is 32.1. The minimum absolute atomic E-state index is 0.278. The molecule has 1 unspecified atom stereocenters. The van der Waals surface area contributed by atoms with Crippen molar-refractivity contribution in [2.75, 3.05) is 5.73 Å². The molecule has 0 amide bonds. The Labute approximate surface area is 105 Å². The molecule has 0 aliphatic heterocycles. The minimum atomic E-state index is -0.644. The van der Waals surface area contributed by atoms with Gasteiger partial charge in [-0.1, -0.05) is 32.1 Å². The Morgan fingerprint density at radius 2 is 2.06 bits per heavy atom. The molecule has 0 aliphatic carbocycles. The van der Waals surface area contributed by atoms with Gasteiger partial charge in [-0.2, -0.15) is 0 Å². The van der Waals surface area contributed by atoms with Crippen molar-refractivity contribution in [1.29, 1.82) is 0 Å². The van der Waals surface area contributed by atoms with Crippen molar-refractivity contribution < 1.29 is 5.11 Å². The van der Waals surface area contributed by atoms with Crippen LogP contribution in [-0.4, -0.2) is 15.1 Å². The molecule has 0 saturated carbocycles. The lowest BCUT2D eigenvalue weighted by molar-refractivity contribution is 0.0644. The third-order valence-electron chi connectivity index (χ3n) is 2.70. The van der Waals surface area contributed by atoms with Crippen LogP contribution in [0.1, 0.15) is 37.4 Å². The summed E-state index contributed by atoms with van der Waals surface area (Å²) in [6, 6.07) is 0. The number of thiazole rings is 1. The van der Waals surface area contributed by atoms with E-state index in [0.29, 0.717) is 11.3 Å². The summed E-state index contributed by atoms with van der Waals surface area (Å²) in [7, 11) is 0. The third-order valence-corrected chi connectivity index (χ3v) is 3.58. The normalized spacial score (nSPS) is 14.2. The summed E-state index contributed by atoms with van der Waals surface area (Å²) in [5, 5.41) is 11.3. The van der Waals surface area contributed by atoms with E-state index >= 15 is 0 Å². The molecular weight excluding hydrogens is 234 g/mol. The van der Waals surface area contributed by atoms with Crippen LogP contribution in [0.2, 0.25) is 0 Å². The number of hydrogen-bond acceptors (Lipinski definition) is 5. The minimum Gasteiger partial charge on any atom is -0.397 e. The largest absolute Gasteiger partial charge is 0.397 e. The van der Waals surface area contributed by atoms with Gasteiger partial charge in [-0.05, 0) is 12.3 Å². The second-order valence-corrected chi connectivity index (χ2v) is 6.46. The number of fused-ring (bicyclic) bond motifs is 1. The quantitative estimate of drug-likeness (QED) is 0.817. The monoisotopic (exact) mass is 251 g/mol. The lowest BCUT2D eigenvalue weighted by Gasteiger charge is -2.27. The van der Waals surface area contributed by atoms with E-state index in [4.69, 9.17) is 5.73 Å². The maximum absolute atomic E-state index is 10.4. The molecule has 92 valence electrons. The molecule has 2 aromatic heterocycles. The Bertz CT molecular complexity index is 557. The smallest absolute Gasteiger partial charge is 0.143 e. The SMILES string of the molecule is Cc1nc2c(C(O)C(C)(C)C)c(N)cnc2s1. The summed E-state index contributed by atoms with van der Waals surface area (Å²) in [4.78, 5) is 9.50. The van der Waals surface area contributed by atoms with E-state index in [2.05, 4.69) is 9.97 Å². The topological polar surface area (TPSA) is 72.0 Å². The van der Waals surface area contributed by atoms with Crippen molar-refractivity contribution in [3.05, 3.63) is 16.8 Å². The predicted octanol–water partition coefficient (Wildman–Crippen LogP) is 2.66. The second kappa shape index (κ2) is 3.92. The number of nitrogens with zero attached hydrogens (tertiary/aromatic N) is 2. The summed E-state index contributed by atoms with van der Waals surface area (Å²) < 4.78 is 0. The fourth-order valence-electron chi connectivity index (χ4n) is 1.73. The van der Waals surface area contributed by atoms with Gasteiger partial charge in [0.05, 0.1) is 23.0 Å². The lowest BCUT2D eigenvalue weighted by atomic mass is 9.84. The van der Waals surface area contributed by atoms with Gasteiger partial charge < -0.3 is 10.8 Å². The van der Waals surface area contributed by atoms with Crippen LogP contribution in [0, 0.1) is 12.3 Å². The number of pyridine rings is 1. The van der Waals surface area contributed by atoms with Gasteiger partial charge in [0.1, 0.15) is 10.3 Å². The fourth-order valence-corrected chi connectivity index (χ4v) is 2.51. The number of aryl methyl sites for hydroxylation is 1. The summed E-state index contributed by atoms with van der Waals surface area (Å²) in [6.45, 7) is 7.85. The molecule has 17 heavy (non-hydrogen) atoms. The standard InChI is InChI=1S/C12H17N3OS/c1-6-15-9-8(10(16)12(2,3)4)7(13)5-14-11(9)17-6/h5,10,16H,13H2,1-4H3. The Morgan fingerprint density at radius 3 is 2.65 bits per heavy atom. The van der Waals surface area contributed by atoms with E-state index in [9.17, 15) is 5.11 Å². The average molecular weight is 251 g/mol. The molecule has 1 atom stereocenters. The molecular formula is C12H17N3OS. The van der Waals surface area contributed by atoms with Crippen molar-refractivity contribution in [2.45, 2.75) is 33.8 Å². The van der Waals surface area contributed by atoms with Gasteiger partial charge in [-0.15, -0.1) is 0 Å². The first-order chi connectivity index (χ1) is 7.80. The summed E-state index contributed by atoms with van der Waals surface area (Å²) in [6.07, 6.45) is 0.957. The number of aromatic nitrogens is 2. The van der Waals surface area contributed by atoms with Crippen LogP contribution in [0.5, 0.6) is 0 Å². The van der Waals surface area contributed by atoms with Crippen LogP contribution in [0.4, 0.5) is 5.69 Å². The molecule has 5 heteroatoms. The Morgan fingerprint density at radius 1 is 1.41 bits per heavy atom. The number of rotatable bonds is 1. The van der Waals surface area contributed by atoms with Crippen LogP contribution < -0.4 is 5.73 Å². The number of aliphatic hydroxyl groups is 1. The molecule has 0 radical (unpaired) electrons. The molecule has 0 saturated heterocycles. The summed E-state index contributed by atoms with van der Waals surface area (Å²) in [5.74, 6) is 0. The number of hydrogen-bond donors (Lipinski definition) is 2. The Kier molecular flexibility index (Phi) is 2.83. The van der Waals surface area contributed by atoms with Gasteiger partial charge in [-0.25, -0.2) is 9.97 Å². The number of aliphatic hydroxyl groups excluding tert-OH is 1. The summed E-state index contributed by atoms with van der Waals surface area (Å²) in [5.41, 5.74) is 7.59. The van der Waals surface area contributed by atoms with Gasteiger partial charge in [0.2, 0.25) is 0 Å². The molecule has 3 N–H and O–H groups in total. The van der Waals surface area contributed by atoms with Crippen molar-refractivity contribution in [2.24, 2.45) is 5.41 Å². The van der Waals surface area contributed by atoms with Crippen molar-refractivity contribution in [3.63, 3.8) is 0 Å². The second-order valence-electron chi connectivity index (χ2n) is 5.28.